The molecule has 8 nitrogen and oxygen atoms in total. The van der Waals surface area contributed by atoms with Crippen LogP contribution in [0.3, 0.4) is 0 Å². The van der Waals surface area contributed by atoms with Crippen LogP contribution in [-0.4, -0.2) is 49.6 Å². The number of nitrogens with one attached hydrogen (secondary N) is 1. The van der Waals surface area contributed by atoms with E-state index >= 15 is 0 Å². The van der Waals surface area contributed by atoms with Crippen LogP contribution in [0.2, 0.25) is 0 Å². The van der Waals surface area contributed by atoms with Crippen LogP contribution in [0.1, 0.15) is 48.5 Å². The quantitative estimate of drug-likeness (QED) is 0.444. The number of carbonyl (C=O) groups is 3. The number of carboxylic acid groups (broad SMARTS) is 1. The van der Waals surface area contributed by atoms with Crippen molar-refractivity contribution in [1.82, 2.24) is 14.9 Å². The fourth-order valence-corrected chi connectivity index (χ4v) is 9.84. The van der Waals surface area contributed by atoms with E-state index in [0.29, 0.717) is 25.8 Å². The number of aromatic nitrogens is 2. The number of imide groups is 1. The molecule has 0 aromatic carbocycles. The maximum Gasteiger partial charge on any atom is 0.305 e. The van der Waals surface area contributed by atoms with E-state index in [1.165, 1.54) is 16.2 Å². The highest BCUT2D eigenvalue weighted by Gasteiger charge is 2.69. The minimum Gasteiger partial charge on any atom is -0.481 e. The first-order valence-electron chi connectivity index (χ1n) is 11.8. The van der Waals surface area contributed by atoms with Gasteiger partial charge < -0.3 is 10.1 Å². The van der Waals surface area contributed by atoms with Gasteiger partial charge in [-0.25, -0.2) is 0 Å². The summed E-state index contributed by atoms with van der Waals surface area (Å²) in [6.07, 6.45) is 6.46. The Balaban J connectivity index is 1.28. The maximum atomic E-state index is 13.5. The van der Waals surface area contributed by atoms with Crippen LogP contribution < -0.4 is 4.87 Å². The molecule has 4 heterocycles. The number of thioether (sulfide) groups is 1. The zero-order chi connectivity index (χ0) is 23.6. The molecule has 2 N–H and O–H groups in total. The van der Waals surface area contributed by atoms with Crippen LogP contribution in [0.5, 0.6) is 0 Å². The molecule has 2 aliphatic heterocycles. The molecule has 2 amide bonds. The van der Waals surface area contributed by atoms with Crippen molar-refractivity contribution in [2.45, 2.75) is 48.3 Å². The Kier molecular flexibility index (Phi) is 5.40. The predicted octanol–water partition coefficient (Wildman–Crippen LogP) is 2.95. The van der Waals surface area contributed by atoms with E-state index < -0.39 is 5.97 Å². The molecule has 178 valence electrons. The predicted molar refractivity (Wildman–Crippen MR) is 126 cm³/mol. The van der Waals surface area contributed by atoms with Gasteiger partial charge in [-0.1, -0.05) is 23.8 Å². The Morgan fingerprint density at radius 2 is 1.94 bits per heavy atom. The number of H-pyrrole nitrogens is 1. The van der Waals surface area contributed by atoms with Crippen molar-refractivity contribution in [2.24, 2.45) is 29.6 Å². The van der Waals surface area contributed by atoms with Crippen molar-refractivity contribution in [2.75, 3.05) is 6.54 Å². The highest BCUT2D eigenvalue weighted by molar-refractivity contribution is 8.00. The molecule has 2 aliphatic carbocycles. The third-order valence-electron chi connectivity index (χ3n) is 8.13. The molecule has 3 fully saturated rings. The molecule has 2 aromatic heterocycles. The highest BCUT2D eigenvalue weighted by Crippen LogP contribution is 2.68. The van der Waals surface area contributed by atoms with Crippen molar-refractivity contribution in [3.05, 3.63) is 44.6 Å². The van der Waals surface area contributed by atoms with Gasteiger partial charge >= 0.3 is 10.8 Å². The molecule has 7 atom stereocenters. The number of carbonyl (C=O) groups excluding carboxylic acids is 2. The van der Waals surface area contributed by atoms with Crippen LogP contribution in [-0.2, 0) is 14.4 Å². The van der Waals surface area contributed by atoms with E-state index in [4.69, 9.17) is 5.11 Å². The van der Waals surface area contributed by atoms with E-state index in [2.05, 4.69) is 9.97 Å². The number of fused-ring (bicyclic) bond motifs is 9. The number of pyridine rings is 1. The molecule has 0 unspecified atom stereocenters. The lowest BCUT2D eigenvalue weighted by atomic mass is 9.68. The molecule has 10 heteroatoms. The number of hydrogen-bond donors (Lipinski definition) is 2. The van der Waals surface area contributed by atoms with Crippen LogP contribution in [0.25, 0.3) is 0 Å². The lowest BCUT2D eigenvalue weighted by Crippen LogP contribution is -2.42. The zero-order valence-electron chi connectivity index (χ0n) is 18.4. The Morgan fingerprint density at radius 1 is 1.15 bits per heavy atom. The summed E-state index contributed by atoms with van der Waals surface area (Å²) in [5.74, 6) is -1.07. The summed E-state index contributed by atoms with van der Waals surface area (Å²) < 4.78 is 0. The summed E-state index contributed by atoms with van der Waals surface area (Å²) in [4.78, 5) is 59.5. The molecule has 2 bridgehead atoms. The molecule has 6 rings (SSSR count). The molecular formula is C24H25N3O5S2. The summed E-state index contributed by atoms with van der Waals surface area (Å²) in [5.41, 5.74) is 1.06. The highest BCUT2D eigenvalue weighted by atomic mass is 32.2. The van der Waals surface area contributed by atoms with Crippen LogP contribution in [0, 0.1) is 29.6 Å². The smallest absolute Gasteiger partial charge is 0.305 e. The Hall–Kier alpha value is -2.46. The number of carboxylic acids is 1. The van der Waals surface area contributed by atoms with Gasteiger partial charge in [0.15, 0.2) is 0 Å². The second kappa shape index (κ2) is 8.34. The van der Waals surface area contributed by atoms with Gasteiger partial charge in [-0.3, -0.25) is 29.1 Å². The van der Waals surface area contributed by atoms with Crippen molar-refractivity contribution >= 4 is 40.9 Å². The van der Waals surface area contributed by atoms with Gasteiger partial charge in [0.25, 0.3) is 0 Å². The van der Waals surface area contributed by atoms with E-state index in [1.807, 2.05) is 18.3 Å². The zero-order valence-corrected chi connectivity index (χ0v) is 20.0. The Labute approximate surface area is 204 Å². The van der Waals surface area contributed by atoms with Crippen LogP contribution >= 0.6 is 23.1 Å². The topological polar surface area (TPSA) is 120 Å². The number of hydrogen-bond acceptors (Lipinski definition) is 7. The summed E-state index contributed by atoms with van der Waals surface area (Å²) in [6.45, 7) is 0.374. The normalized spacial score (nSPS) is 33.2. The van der Waals surface area contributed by atoms with E-state index in [0.717, 1.165) is 21.9 Å². The van der Waals surface area contributed by atoms with E-state index in [-0.39, 0.29) is 63.9 Å². The van der Waals surface area contributed by atoms with Gasteiger partial charge in [-0.2, -0.15) is 0 Å². The molecule has 2 saturated carbocycles. The van der Waals surface area contributed by atoms with Gasteiger partial charge in [0.05, 0.1) is 16.9 Å². The second-order valence-electron chi connectivity index (χ2n) is 9.78. The second-order valence-corrected chi connectivity index (χ2v) is 12.0. The van der Waals surface area contributed by atoms with E-state index in [9.17, 15) is 19.2 Å². The van der Waals surface area contributed by atoms with Gasteiger partial charge in [-0.15, -0.1) is 11.8 Å². The molecule has 1 saturated heterocycles. The summed E-state index contributed by atoms with van der Waals surface area (Å²) >= 11 is 2.94. The average molecular weight is 500 g/mol. The third kappa shape index (κ3) is 3.29. The lowest BCUT2D eigenvalue weighted by molar-refractivity contribution is -0.141. The van der Waals surface area contributed by atoms with Crippen LogP contribution in [0.15, 0.2) is 34.3 Å². The van der Waals surface area contributed by atoms with E-state index in [1.54, 1.807) is 18.0 Å². The number of thiazole rings is 1. The SMILES string of the molecule is O=C(O)CCCCCN1C(=O)[C@@H]2[C@@H]3C[C@@H]([C@H]4Sc5[nH]c(=O)sc5[C@@H](c5cccnc5)[C@@H]34)[C@@H]2C1=O. The molecule has 34 heavy (non-hydrogen) atoms. The number of likely N-dealkylation sites (tertiary alicyclic amines) is 1. The largest absolute Gasteiger partial charge is 0.481 e. The summed E-state index contributed by atoms with van der Waals surface area (Å²) in [7, 11) is 0. The Morgan fingerprint density at radius 3 is 2.68 bits per heavy atom. The van der Waals surface area contributed by atoms with Crippen molar-refractivity contribution in [1.29, 1.82) is 0 Å². The van der Waals surface area contributed by atoms with Gasteiger partial charge in [-0.05, 0) is 48.6 Å². The fraction of sp³-hybridized carbons (Fsp3) is 0.542. The van der Waals surface area contributed by atoms with Crippen molar-refractivity contribution in [3.63, 3.8) is 0 Å². The standard InChI is InChI=1S/C24H25N3O5S2/c28-14(29)6-2-1-3-8-27-22(30)17-12-9-13(18(17)23(27)31)19-16(12)15(11-5-4-7-25-10-11)20-21(33-19)26-24(32)34-20/h4-5,7,10,12-13,15-19H,1-3,6,8-9H2,(H,26,32)(H,28,29)/t12-,13-,15+,16-,17-,18+,19-/m1/s1. The van der Waals surface area contributed by atoms with Gasteiger partial charge in [0.1, 0.15) is 0 Å². The lowest BCUT2D eigenvalue weighted by Gasteiger charge is -2.42. The van der Waals surface area contributed by atoms with Gasteiger partial charge in [0.2, 0.25) is 11.8 Å². The minimum atomic E-state index is -0.822. The van der Waals surface area contributed by atoms with Gasteiger partial charge in [0, 0.05) is 41.4 Å². The number of rotatable bonds is 7. The molecule has 2 aromatic rings. The summed E-state index contributed by atoms with van der Waals surface area (Å²) in [6, 6.07) is 3.96. The first-order chi connectivity index (χ1) is 16.5. The first-order valence-corrected chi connectivity index (χ1v) is 13.5. The fourth-order valence-electron chi connectivity index (χ4n) is 6.96. The van der Waals surface area contributed by atoms with Crippen molar-refractivity contribution in [3.8, 4) is 0 Å². The first kappa shape index (κ1) is 22.0. The molecule has 0 spiro atoms. The van der Waals surface area contributed by atoms with Crippen molar-refractivity contribution < 1.29 is 19.5 Å². The molecule has 0 radical (unpaired) electrons. The average Bonchev–Trinajstić information content (AvgIpc) is 3.54. The minimum absolute atomic E-state index is 0.00261. The van der Waals surface area contributed by atoms with Crippen LogP contribution in [0.4, 0.5) is 0 Å². The number of aromatic amines is 1. The molecule has 4 aliphatic rings. The third-order valence-corrected chi connectivity index (χ3v) is 10.7. The number of nitrogens with zero attached hydrogens (tertiary/aromatic N) is 2. The number of unbranched alkanes of at least 4 members (excludes halogenated alkanes) is 2. The number of aliphatic carboxylic acids is 1. The monoisotopic (exact) mass is 499 g/mol. The maximum absolute atomic E-state index is 13.5. The number of amides is 2. The Bertz CT molecular complexity index is 1210. The summed E-state index contributed by atoms with van der Waals surface area (Å²) in [5, 5.41) is 9.90. The molecular weight excluding hydrogens is 474 g/mol.